The third-order valence-electron chi connectivity index (χ3n) is 4.04. The van der Waals surface area contributed by atoms with Gasteiger partial charge in [-0.3, -0.25) is 14.4 Å². The number of aromatic amines is 1. The minimum absolute atomic E-state index is 0.217. The van der Waals surface area contributed by atoms with Crippen LogP contribution in [-0.2, 0) is 14.3 Å². The van der Waals surface area contributed by atoms with Crippen LogP contribution < -0.4 is 16.6 Å². The predicted molar refractivity (Wildman–Crippen MR) is 90.2 cm³/mol. The van der Waals surface area contributed by atoms with Crippen molar-refractivity contribution < 1.29 is 19.1 Å². The molecule has 25 heavy (non-hydrogen) atoms. The fraction of sp³-hybridized carbons (Fsp3) is 0.353. The second kappa shape index (κ2) is 7.45. The number of benzene rings is 1. The monoisotopic (exact) mass is 345 g/mol. The highest BCUT2D eigenvalue weighted by Gasteiger charge is 2.29. The summed E-state index contributed by atoms with van der Waals surface area (Å²) in [5.41, 5.74) is 5.61. The number of fused-ring (bicyclic) bond motifs is 1. The zero-order valence-electron chi connectivity index (χ0n) is 13.5. The van der Waals surface area contributed by atoms with E-state index in [4.69, 9.17) is 15.2 Å². The molecule has 0 saturated carbocycles. The van der Waals surface area contributed by atoms with Crippen LogP contribution in [0.4, 0.5) is 0 Å². The van der Waals surface area contributed by atoms with E-state index in [2.05, 4.69) is 10.3 Å². The maximum Gasteiger partial charge on any atom is 0.252 e. The van der Waals surface area contributed by atoms with Crippen molar-refractivity contribution in [1.82, 2.24) is 10.3 Å². The summed E-state index contributed by atoms with van der Waals surface area (Å²) in [6.45, 7) is 0.519. The number of hydrogen-bond donors (Lipinski definition) is 3. The van der Waals surface area contributed by atoms with Crippen molar-refractivity contribution in [2.24, 2.45) is 5.73 Å². The molecule has 2 heterocycles. The van der Waals surface area contributed by atoms with E-state index >= 15 is 0 Å². The first kappa shape index (κ1) is 17.1. The normalized spacial score (nSPS) is 20.3. The Morgan fingerprint density at radius 2 is 2.16 bits per heavy atom. The zero-order chi connectivity index (χ0) is 17.8. The van der Waals surface area contributed by atoms with E-state index in [0.29, 0.717) is 23.9 Å². The Kier molecular flexibility index (Phi) is 5.11. The third-order valence-corrected chi connectivity index (χ3v) is 4.04. The number of H-pyrrole nitrogens is 1. The van der Waals surface area contributed by atoms with E-state index in [1.807, 2.05) is 0 Å². The highest BCUT2D eigenvalue weighted by molar-refractivity contribution is 6.06. The van der Waals surface area contributed by atoms with Crippen LogP contribution in [0.2, 0.25) is 0 Å². The summed E-state index contributed by atoms with van der Waals surface area (Å²) in [5.74, 6) is -0.970. The Hall–Kier alpha value is -2.71. The van der Waals surface area contributed by atoms with Gasteiger partial charge in [0, 0.05) is 23.6 Å². The number of carbonyl (C=O) groups excluding carboxylic acids is 2. The summed E-state index contributed by atoms with van der Waals surface area (Å²) >= 11 is 0. The SMILES string of the molecule is NC(=O)CO[C@H]1CCOC[C@H]1NC(=O)c1cc(=O)[nH]c2ccccc12. The largest absolute Gasteiger partial charge is 0.379 e. The Labute approximate surface area is 143 Å². The van der Waals surface area contributed by atoms with Gasteiger partial charge in [0.25, 0.3) is 5.91 Å². The highest BCUT2D eigenvalue weighted by Crippen LogP contribution is 2.17. The van der Waals surface area contributed by atoms with Gasteiger partial charge in [-0.1, -0.05) is 18.2 Å². The molecule has 1 aliphatic heterocycles. The van der Waals surface area contributed by atoms with E-state index < -0.39 is 17.9 Å². The number of ether oxygens (including phenoxy) is 2. The molecule has 1 fully saturated rings. The average molecular weight is 345 g/mol. The lowest BCUT2D eigenvalue weighted by atomic mass is 10.0. The first-order valence-electron chi connectivity index (χ1n) is 7.95. The van der Waals surface area contributed by atoms with Crippen molar-refractivity contribution in [3.05, 3.63) is 46.2 Å². The van der Waals surface area contributed by atoms with Crippen LogP contribution >= 0.6 is 0 Å². The molecular weight excluding hydrogens is 326 g/mol. The number of aromatic nitrogens is 1. The van der Waals surface area contributed by atoms with Gasteiger partial charge in [-0.05, 0) is 12.5 Å². The Morgan fingerprint density at radius 1 is 1.36 bits per heavy atom. The van der Waals surface area contributed by atoms with Gasteiger partial charge >= 0.3 is 0 Å². The molecule has 2 atom stereocenters. The van der Waals surface area contributed by atoms with Crippen LogP contribution in [0, 0.1) is 0 Å². The molecule has 0 spiro atoms. The molecule has 4 N–H and O–H groups in total. The number of nitrogens with two attached hydrogens (primary N) is 1. The van der Waals surface area contributed by atoms with Gasteiger partial charge in [0.05, 0.1) is 24.3 Å². The smallest absolute Gasteiger partial charge is 0.252 e. The minimum atomic E-state index is -0.572. The summed E-state index contributed by atoms with van der Waals surface area (Å²) in [7, 11) is 0. The molecule has 1 aromatic heterocycles. The molecule has 3 rings (SSSR count). The van der Waals surface area contributed by atoms with Crippen molar-refractivity contribution in [2.45, 2.75) is 18.6 Å². The summed E-state index contributed by atoms with van der Waals surface area (Å²) in [6.07, 6.45) is 0.160. The van der Waals surface area contributed by atoms with Crippen molar-refractivity contribution in [2.75, 3.05) is 19.8 Å². The fourth-order valence-electron chi connectivity index (χ4n) is 2.88. The van der Waals surface area contributed by atoms with Gasteiger partial charge in [0.15, 0.2) is 0 Å². The van der Waals surface area contributed by atoms with Crippen LogP contribution in [0.3, 0.4) is 0 Å². The van der Waals surface area contributed by atoms with Crippen LogP contribution in [0.5, 0.6) is 0 Å². The lowest BCUT2D eigenvalue weighted by Gasteiger charge is -2.31. The standard InChI is InChI=1S/C17H19N3O5/c18-15(21)9-25-14-5-6-24-8-13(14)20-17(23)11-7-16(22)19-12-4-2-1-3-10(11)12/h1-4,7,13-14H,5-6,8-9H2,(H2,18,21)(H,19,22)(H,20,23)/t13-,14+/m1/s1. The Morgan fingerprint density at radius 3 is 2.96 bits per heavy atom. The molecule has 8 heteroatoms. The Balaban J connectivity index is 1.81. The minimum Gasteiger partial charge on any atom is -0.379 e. The number of amides is 2. The quantitative estimate of drug-likeness (QED) is 0.699. The lowest BCUT2D eigenvalue weighted by molar-refractivity contribution is -0.128. The molecule has 132 valence electrons. The van der Waals surface area contributed by atoms with E-state index in [0.717, 1.165) is 0 Å². The molecule has 8 nitrogen and oxygen atoms in total. The van der Waals surface area contributed by atoms with Gasteiger partial charge in [0.2, 0.25) is 11.5 Å². The van der Waals surface area contributed by atoms with Crippen LogP contribution in [0.25, 0.3) is 10.9 Å². The molecular formula is C17H19N3O5. The first-order valence-corrected chi connectivity index (χ1v) is 7.95. The maximum atomic E-state index is 12.7. The highest BCUT2D eigenvalue weighted by atomic mass is 16.5. The second-order valence-electron chi connectivity index (χ2n) is 5.85. The van der Waals surface area contributed by atoms with E-state index in [1.165, 1.54) is 6.07 Å². The molecule has 0 radical (unpaired) electrons. The number of para-hydroxylation sites is 1. The summed E-state index contributed by atoms with van der Waals surface area (Å²) < 4.78 is 10.9. The maximum absolute atomic E-state index is 12.7. The number of rotatable bonds is 5. The third kappa shape index (κ3) is 4.04. The van der Waals surface area contributed by atoms with Crippen LogP contribution in [0.15, 0.2) is 35.1 Å². The van der Waals surface area contributed by atoms with E-state index in [-0.39, 0.29) is 30.4 Å². The van der Waals surface area contributed by atoms with Gasteiger partial charge in [0.1, 0.15) is 6.61 Å². The topological polar surface area (TPSA) is 124 Å². The van der Waals surface area contributed by atoms with Crippen molar-refractivity contribution in [3.63, 3.8) is 0 Å². The van der Waals surface area contributed by atoms with Gasteiger partial charge in [-0.25, -0.2) is 0 Å². The molecule has 0 aliphatic carbocycles. The van der Waals surface area contributed by atoms with E-state index in [1.54, 1.807) is 24.3 Å². The Bertz CT molecular complexity index is 848. The molecule has 1 aromatic carbocycles. The molecule has 2 amide bonds. The summed E-state index contributed by atoms with van der Waals surface area (Å²) in [6, 6.07) is 7.90. The number of pyridine rings is 1. The van der Waals surface area contributed by atoms with Crippen molar-refractivity contribution in [1.29, 1.82) is 0 Å². The molecule has 1 saturated heterocycles. The van der Waals surface area contributed by atoms with Gasteiger partial charge in [-0.15, -0.1) is 0 Å². The van der Waals surface area contributed by atoms with E-state index in [9.17, 15) is 14.4 Å². The molecule has 2 aromatic rings. The fourth-order valence-corrected chi connectivity index (χ4v) is 2.88. The van der Waals surface area contributed by atoms with Gasteiger partial charge < -0.3 is 25.5 Å². The average Bonchev–Trinajstić information content (AvgIpc) is 2.60. The van der Waals surface area contributed by atoms with Gasteiger partial charge in [-0.2, -0.15) is 0 Å². The van der Waals surface area contributed by atoms with Crippen molar-refractivity contribution >= 4 is 22.7 Å². The second-order valence-corrected chi connectivity index (χ2v) is 5.85. The molecule has 0 bridgehead atoms. The molecule has 1 aliphatic rings. The van der Waals surface area contributed by atoms with Crippen molar-refractivity contribution in [3.8, 4) is 0 Å². The number of carbonyl (C=O) groups is 2. The summed E-state index contributed by atoms with van der Waals surface area (Å²) in [5, 5.41) is 3.48. The lowest BCUT2D eigenvalue weighted by Crippen LogP contribution is -2.51. The molecule has 0 unspecified atom stereocenters. The van der Waals surface area contributed by atoms with Crippen LogP contribution in [0.1, 0.15) is 16.8 Å². The predicted octanol–water partition coefficient (Wildman–Crippen LogP) is -0.0827. The van der Waals surface area contributed by atoms with Crippen LogP contribution in [-0.4, -0.2) is 48.8 Å². The number of hydrogen-bond acceptors (Lipinski definition) is 5. The zero-order valence-corrected chi connectivity index (χ0v) is 13.5. The first-order chi connectivity index (χ1) is 12.0. The summed E-state index contributed by atoms with van der Waals surface area (Å²) in [4.78, 5) is 38.1. The number of primary amides is 1. The number of nitrogens with one attached hydrogen (secondary N) is 2.